The molecule has 1 N–H and O–H groups in total. The molecule has 6 nitrogen and oxygen atoms in total. The van der Waals surface area contributed by atoms with E-state index in [-0.39, 0.29) is 6.10 Å². The molecule has 0 unspecified atom stereocenters. The van der Waals surface area contributed by atoms with E-state index in [1.165, 1.54) is 25.7 Å². The van der Waals surface area contributed by atoms with Crippen molar-refractivity contribution in [1.29, 1.82) is 0 Å². The van der Waals surface area contributed by atoms with Gasteiger partial charge in [-0.3, -0.25) is 9.55 Å². The van der Waals surface area contributed by atoms with E-state index in [4.69, 9.17) is 9.72 Å². The van der Waals surface area contributed by atoms with Gasteiger partial charge in [0.1, 0.15) is 17.9 Å². The van der Waals surface area contributed by atoms with Gasteiger partial charge in [0.15, 0.2) is 5.82 Å². The van der Waals surface area contributed by atoms with Crippen molar-refractivity contribution in [3.8, 4) is 11.6 Å². The van der Waals surface area contributed by atoms with Crippen LogP contribution in [0.2, 0.25) is 0 Å². The Hall–Kier alpha value is -2.63. The van der Waals surface area contributed by atoms with Crippen molar-refractivity contribution in [3.05, 3.63) is 36.9 Å². The first-order valence-electron chi connectivity index (χ1n) is 8.92. The minimum absolute atomic E-state index is 0.142. The van der Waals surface area contributed by atoms with Gasteiger partial charge in [0, 0.05) is 12.1 Å². The number of anilines is 1. The Morgan fingerprint density at radius 1 is 1.20 bits per heavy atom. The summed E-state index contributed by atoms with van der Waals surface area (Å²) >= 11 is 0. The third-order valence-electron chi connectivity index (χ3n) is 4.47. The van der Waals surface area contributed by atoms with E-state index >= 15 is 0 Å². The van der Waals surface area contributed by atoms with Gasteiger partial charge in [-0.15, -0.1) is 0 Å². The molecule has 1 aliphatic rings. The zero-order chi connectivity index (χ0) is 17.2. The van der Waals surface area contributed by atoms with Crippen LogP contribution in [0.4, 0.5) is 5.82 Å². The monoisotopic (exact) mass is 337 g/mol. The molecule has 1 saturated carbocycles. The summed E-state index contributed by atoms with van der Waals surface area (Å²) in [6.07, 6.45) is 10.5. The van der Waals surface area contributed by atoms with Crippen LogP contribution < -0.4 is 10.1 Å². The Kier molecular flexibility index (Phi) is 4.26. The summed E-state index contributed by atoms with van der Waals surface area (Å²) in [4.78, 5) is 13.6. The van der Waals surface area contributed by atoms with Gasteiger partial charge in [-0.25, -0.2) is 9.97 Å². The average molecular weight is 337 g/mol. The quantitative estimate of drug-likeness (QED) is 0.763. The fourth-order valence-electron chi connectivity index (χ4n) is 3.34. The minimum atomic E-state index is 0.142. The molecule has 0 spiro atoms. The van der Waals surface area contributed by atoms with Gasteiger partial charge in [0.25, 0.3) is 0 Å². The second-order valence-electron chi connectivity index (χ2n) is 6.82. The second kappa shape index (κ2) is 6.70. The lowest BCUT2D eigenvalue weighted by Crippen LogP contribution is -2.16. The van der Waals surface area contributed by atoms with Gasteiger partial charge in [0.2, 0.25) is 0 Å². The smallest absolute Gasteiger partial charge is 0.159 e. The molecule has 0 saturated heterocycles. The highest BCUT2D eigenvalue weighted by Crippen LogP contribution is 2.24. The van der Waals surface area contributed by atoms with E-state index in [1.54, 1.807) is 18.7 Å². The summed E-state index contributed by atoms with van der Waals surface area (Å²) in [6, 6.07) is 6.45. The highest BCUT2D eigenvalue weighted by Gasteiger charge is 2.15. The molecule has 6 heteroatoms. The minimum Gasteiger partial charge on any atom is -0.491 e. The van der Waals surface area contributed by atoms with Crippen LogP contribution in [-0.4, -0.2) is 31.7 Å². The number of hydrogen-bond donors (Lipinski definition) is 1. The fraction of sp³-hybridized carbons (Fsp3) is 0.421. The number of nitrogens with one attached hydrogen (secondary N) is 1. The first-order valence-corrected chi connectivity index (χ1v) is 8.92. The zero-order valence-electron chi connectivity index (χ0n) is 14.6. The van der Waals surface area contributed by atoms with E-state index in [9.17, 15) is 0 Å². The molecule has 25 heavy (non-hydrogen) atoms. The normalized spacial score (nSPS) is 15.2. The molecule has 1 fully saturated rings. The van der Waals surface area contributed by atoms with E-state index in [2.05, 4.69) is 15.3 Å². The van der Waals surface area contributed by atoms with Crippen LogP contribution in [0.25, 0.3) is 16.9 Å². The molecule has 130 valence electrons. The first-order chi connectivity index (χ1) is 12.2. The molecule has 0 amide bonds. The number of rotatable bonds is 5. The summed E-state index contributed by atoms with van der Waals surface area (Å²) < 4.78 is 7.70. The largest absolute Gasteiger partial charge is 0.491 e. The van der Waals surface area contributed by atoms with Crippen LogP contribution in [0.3, 0.4) is 0 Å². The molecule has 4 rings (SSSR count). The van der Waals surface area contributed by atoms with Crippen molar-refractivity contribution in [2.75, 3.05) is 5.32 Å². The van der Waals surface area contributed by atoms with Gasteiger partial charge in [-0.2, -0.15) is 0 Å². The van der Waals surface area contributed by atoms with Crippen molar-refractivity contribution in [2.24, 2.45) is 0 Å². The topological polar surface area (TPSA) is 64.9 Å². The average Bonchev–Trinajstić information content (AvgIpc) is 3.23. The highest BCUT2D eigenvalue weighted by atomic mass is 16.5. The van der Waals surface area contributed by atoms with Crippen LogP contribution in [0.5, 0.6) is 5.75 Å². The molecule has 2 heterocycles. The van der Waals surface area contributed by atoms with E-state index in [1.807, 2.05) is 36.6 Å². The molecule has 0 aliphatic heterocycles. The number of ether oxygens (including phenoxy) is 1. The molecule has 1 aliphatic carbocycles. The van der Waals surface area contributed by atoms with Crippen molar-refractivity contribution in [3.63, 3.8) is 0 Å². The molecule has 0 bridgehead atoms. The Morgan fingerprint density at radius 3 is 2.84 bits per heavy atom. The number of imidazole rings is 1. The van der Waals surface area contributed by atoms with Crippen LogP contribution in [-0.2, 0) is 0 Å². The predicted octanol–water partition coefficient (Wildman–Crippen LogP) is 3.96. The lowest BCUT2D eigenvalue weighted by Gasteiger charge is -2.13. The number of hydrogen-bond acceptors (Lipinski definition) is 5. The predicted molar refractivity (Wildman–Crippen MR) is 98.3 cm³/mol. The van der Waals surface area contributed by atoms with Crippen molar-refractivity contribution >= 4 is 16.9 Å². The molecule has 3 aromatic rings. The maximum atomic E-state index is 5.74. The zero-order valence-corrected chi connectivity index (χ0v) is 14.6. The van der Waals surface area contributed by atoms with Gasteiger partial charge < -0.3 is 10.1 Å². The standard InChI is InChI=1S/C19H23N5O/c1-13(2)25-15-7-8-17-16(9-15)21-12-24(17)19-11-20-10-18(23-19)22-14-5-3-4-6-14/h7-14H,3-6H2,1-2H3,(H,22,23). The van der Waals surface area contributed by atoms with Gasteiger partial charge in [0.05, 0.1) is 29.5 Å². The van der Waals surface area contributed by atoms with E-state index < -0.39 is 0 Å². The van der Waals surface area contributed by atoms with Gasteiger partial charge in [-0.05, 0) is 38.8 Å². The molecule has 0 radical (unpaired) electrons. The van der Waals surface area contributed by atoms with Crippen molar-refractivity contribution in [1.82, 2.24) is 19.5 Å². The van der Waals surface area contributed by atoms with Crippen molar-refractivity contribution in [2.45, 2.75) is 51.7 Å². The molecular weight excluding hydrogens is 314 g/mol. The summed E-state index contributed by atoms with van der Waals surface area (Å²) in [6.45, 7) is 4.03. The summed E-state index contributed by atoms with van der Waals surface area (Å²) in [5.74, 6) is 2.42. The Morgan fingerprint density at radius 2 is 2.04 bits per heavy atom. The van der Waals surface area contributed by atoms with Crippen LogP contribution in [0.15, 0.2) is 36.9 Å². The maximum absolute atomic E-state index is 5.74. The van der Waals surface area contributed by atoms with Crippen molar-refractivity contribution < 1.29 is 4.74 Å². The maximum Gasteiger partial charge on any atom is 0.159 e. The third-order valence-corrected chi connectivity index (χ3v) is 4.47. The summed E-state index contributed by atoms with van der Waals surface area (Å²) in [7, 11) is 0. The second-order valence-corrected chi connectivity index (χ2v) is 6.82. The number of benzene rings is 1. The SMILES string of the molecule is CC(C)Oc1ccc2c(c1)ncn2-c1cncc(NC2CCCC2)n1. The molecule has 2 aromatic heterocycles. The van der Waals surface area contributed by atoms with Gasteiger partial charge in [-0.1, -0.05) is 12.8 Å². The Balaban J connectivity index is 1.62. The third kappa shape index (κ3) is 3.43. The Labute approximate surface area is 147 Å². The lowest BCUT2D eigenvalue weighted by atomic mass is 10.2. The van der Waals surface area contributed by atoms with Crippen LogP contribution in [0.1, 0.15) is 39.5 Å². The van der Waals surface area contributed by atoms with E-state index in [0.29, 0.717) is 6.04 Å². The molecule has 1 aromatic carbocycles. The summed E-state index contributed by atoms with van der Waals surface area (Å²) in [5, 5.41) is 3.49. The molecule has 0 atom stereocenters. The number of nitrogens with zero attached hydrogens (tertiary/aromatic N) is 4. The highest BCUT2D eigenvalue weighted by molar-refractivity contribution is 5.78. The fourth-order valence-corrected chi connectivity index (χ4v) is 3.34. The number of fused-ring (bicyclic) bond motifs is 1. The Bertz CT molecular complexity index is 867. The molecular formula is C19H23N5O. The van der Waals surface area contributed by atoms with Crippen LogP contribution >= 0.6 is 0 Å². The lowest BCUT2D eigenvalue weighted by molar-refractivity contribution is 0.242. The van der Waals surface area contributed by atoms with Crippen LogP contribution in [0, 0.1) is 0 Å². The first kappa shape index (κ1) is 15.9. The summed E-state index contributed by atoms with van der Waals surface area (Å²) in [5.41, 5.74) is 1.87. The van der Waals surface area contributed by atoms with Gasteiger partial charge >= 0.3 is 0 Å². The van der Waals surface area contributed by atoms with E-state index in [0.717, 1.165) is 28.4 Å². The number of aromatic nitrogens is 4.